The molecule has 0 saturated carbocycles. The lowest BCUT2D eigenvalue weighted by Gasteiger charge is -2.05. The number of ether oxygens (including phenoxy) is 1. The first-order chi connectivity index (χ1) is 12.4. The van der Waals surface area contributed by atoms with Crippen LogP contribution in [0.4, 0.5) is 0 Å². The van der Waals surface area contributed by atoms with Crippen LogP contribution in [0.15, 0.2) is 60.8 Å². The van der Waals surface area contributed by atoms with Gasteiger partial charge in [0.05, 0.1) is 37.6 Å². The molecule has 25 heavy (non-hydrogen) atoms. The van der Waals surface area contributed by atoms with Gasteiger partial charge in [-0.25, -0.2) is 0 Å². The maximum atomic E-state index is 8.90. The highest BCUT2D eigenvalue weighted by Crippen LogP contribution is 2.13. The van der Waals surface area contributed by atoms with Crippen LogP contribution in [-0.4, -0.2) is 15.0 Å². The Labute approximate surface area is 148 Å². The van der Waals surface area contributed by atoms with Gasteiger partial charge in [0.1, 0.15) is 5.69 Å². The van der Waals surface area contributed by atoms with Gasteiger partial charge in [0, 0.05) is 0 Å². The quantitative estimate of drug-likeness (QED) is 0.681. The van der Waals surface area contributed by atoms with Crippen molar-refractivity contribution in [3.05, 3.63) is 77.6 Å². The van der Waals surface area contributed by atoms with Gasteiger partial charge in [-0.15, -0.1) is 0 Å². The Morgan fingerprint density at radius 1 is 1.00 bits per heavy atom. The minimum absolute atomic E-state index is 0.331. The Bertz CT molecular complexity index is 806. The zero-order chi connectivity index (χ0) is 17.9. The fourth-order valence-electron chi connectivity index (χ4n) is 2.27. The Kier molecular flexibility index (Phi) is 7.36. The van der Waals surface area contributed by atoms with Crippen molar-refractivity contribution in [1.82, 2.24) is 15.0 Å². The molecule has 0 saturated heterocycles. The van der Waals surface area contributed by atoms with E-state index in [2.05, 4.69) is 16.3 Å². The summed E-state index contributed by atoms with van der Waals surface area (Å²) in [6.07, 6.45) is 2.02. The van der Waals surface area contributed by atoms with Crippen LogP contribution in [0.1, 0.15) is 30.7 Å². The molecule has 2 aromatic carbocycles. The first-order valence-electron chi connectivity index (χ1n) is 8.35. The average Bonchev–Trinajstić information content (AvgIpc) is 3.14. The molecule has 0 N–H and O–H groups in total. The molecule has 0 aliphatic rings. The number of benzene rings is 2. The zero-order valence-corrected chi connectivity index (χ0v) is 14.6. The molecule has 0 aliphatic carbocycles. The molecule has 5 nitrogen and oxygen atoms in total. The van der Waals surface area contributed by atoms with Crippen molar-refractivity contribution >= 4 is 0 Å². The van der Waals surface area contributed by atoms with Gasteiger partial charge in [-0.05, 0) is 17.2 Å². The van der Waals surface area contributed by atoms with Crippen LogP contribution in [-0.2, 0) is 24.4 Å². The summed E-state index contributed by atoms with van der Waals surface area (Å²) in [5.74, 6) is 0. The molecule has 1 aromatic heterocycles. The van der Waals surface area contributed by atoms with E-state index in [1.54, 1.807) is 11.0 Å². The maximum Gasteiger partial charge on any atom is 0.109 e. The molecule has 1 heterocycles. The van der Waals surface area contributed by atoms with E-state index in [4.69, 9.17) is 10.00 Å². The summed E-state index contributed by atoms with van der Waals surface area (Å²) in [7, 11) is 0. The van der Waals surface area contributed by atoms with Crippen LogP contribution in [0.3, 0.4) is 0 Å². The van der Waals surface area contributed by atoms with Crippen LogP contribution in [0.5, 0.6) is 0 Å². The van der Waals surface area contributed by atoms with E-state index in [1.807, 2.05) is 68.4 Å². The van der Waals surface area contributed by atoms with E-state index >= 15 is 0 Å². The third-order valence-corrected chi connectivity index (χ3v) is 3.38. The van der Waals surface area contributed by atoms with Crippen LogP contribution in [0.2, 0.25) is 0 Å². The van der Waals surface area contributed by atoms with Gasteiger partial charge in [0.2, 0.25) is 0 Å². The predicted molar refractivity (Wildman–Crippen MR) is 97.0 cm³/mol. The molecule has 0 fully saturated rings. The second-order valence-corrected chi connectivity index (χ2v) is 5.07. The first kappa shape index (κ1) is 18.4. The molecule has 0 aliphatic heterocycles. The van der Waals surface area contributed by atoms with Crippen molar-refractivity contribution in [3.8, 4) is 11.8 Å². The molecule has 0 radical (unpaired) electrons. The van der Waals surface area contributed by atoms with Gasteiger partial charge < -0.3 is 4.74 Å². The summed E-state index contributed by atoms with van der Waals surface area (Å²) in [5, 5.41) is 17.6. The molecule has 0 atom stereocenters. The Morgan fingerprint density at radius 3 is 2.48 bits per heavy atom. The number of aromatic nitrogens is 3. The molecule has 128 valence electrons. The number of para-hydroxylation sites is 1. The van der Waals surface area contributed by atoms with Gasteiger partial charge >= 0.3 is 0 Å². The molecule has 0 bridgehead atoms. The highest BCUT2D eigenvalue weighted by atomic mass is 16.5. The Hall–Kier alpha value is -2.97. The molecular formula is C20H22N4O. The summed E-state index contributed by atoms with van der Waals surface area (Å²) in [4.78, 5) is 1.55. The van der Waals surface area contributed by atoms with E-state index in [-0.39, 0.29) is 0 Å². The summed E-state index contributed by atoms with van der Waals surface area (Å²) in [6, 6.07) is 19.8. The van der Waals surface area contributed by atoms with E-state index in [1.165, 1.54) is 0 Å². The van der Waals surface area contributed by atoms with Gasteiger partial charge in [-0.2, -0.15) is 20.3 Å². The second kappa shape index (κ2) is 10.0. The topological polar surface area (TPSA) is 63.7 Å². The summed E-state index contributed by atoms with van der Waals surface area (Å²) in [5.41, 5.74) is 3.61. The minimum atomic E-state index is 0.331. The van der Waals surface area contributed by atoms with Crippen LogP contribution >= 0.6 is 0 Å². The number of nitrogens with zero attached hydrogens (tertiary/aromatic N) is 4. The number of nitriles is 1. The number of hydrogen-bond donors (Lipinski definition) is 0. The third-order valence-electron chi connectivity index (χ3n) is 3.38. The van der Waals surface area contributed by atoms with Crippen molar-refractivity contribution in [2.24, 2.45) is 0 Å². The van der Waals surface area contributed by atoms with Gasteiger partial charge in [0.15, 0.2) is 0 Å². The number of rotatable bonds is 6. The lowest BCUT2D eigenvalue weighted by atomic mass is 10.1. The molecule has 3 aromatic rings. The Balaban J connectivity index is 0.00000109. The van der Waals surface area contributed by atoms with Crippen molar-refractivity contribution in [3.63, 3.8) is 0 Å². The predicted octanol–water partition coefficient (Wildman–Crippen LogP) is 4.08. The lowest BCUT2D eigenvalue weighted by molar-refractivity contribution is 0.104. The standard InChI is InChI=1S/C18H16N4O.C2H6/c19-11-10-16-8-4-5-9-18(16)22-20-12-17(21-22)14-23-13-15-6-2-1-3-7-15;1-2/h1-9,12H,10,13-14H2;1-2H3. The fourth-order valence-corrected chi connectivity index (χ4v) is 2.27. The smallest absolute Gasteiger partial charge is 0.109 e. The van der Waals surface area contributed by atoms with Crippen molar-refractivity contribution < 1.29 is 4.74 Å². The Morgan fingerprint density at radius 2 is 1.72 bits per heavy atom. The molecule has 3 rings (SSSR count). The van der Waals surface area contributed by atoms with Gasteiger partial charge in [0.25, 0.3) is 0 Å². The highest BCUT2D eigenvalue weighted by molar-refractivity contribution is 5.40. The summed E-state index contributed by atoms with van der Waals surface area (Å²) >= 11 is 0. The molecule has 5 heteroatoms. The van der Waals surface area contributed by atoms with Gasteiger partial charge in [-0.1, -0.05) is 62.4 Å². The summed E-state index contributed by atoms with van der Waals surface area (Å²) < 4.78 is 5.66. The van der Waals surface area contributed by atoms with Crippen molar-refractivity contribution in [2.45, 2.75) is 33.5 Å². The SMILES string of the molecule is CC.N#CCc1ccccc1-n1ncc(COCc2ccccc2)n1. The molecular weight excluding hydrogens is 312 g/mol. The minimum Gasteiger partial charge on any atom is -0.370 e. The van der Waals surface area contributed by atoms with Crippen LogP contribution in [0.25, 0.3) is 5.69 Å². The third kappa shape index (κ3) is 5.27. The van der Waals surface area contributed by atoms with Crippen molar-refractivity contribution in [2.75, 3.05) is 0 Å². The number of hydrogen-bond acceptors (Lipinski definition) is 4. The first-order valence-corrected chi connectivity index (χ1v) is 8.35. The van der Waals surface area contributed by atoms with Crippen molar-refractivity contribution in [1.29, 1.82) is 5.26 Å². The molecule has 0 amide bonds. The van der Waals surface area contributed by atoms with Crippen LogP contribution in [0, 0.1) is 11.3 Å². The average molecular weight is 334 g/mol. The molecule has 0 spiro atoms. The fraction of sp³-hybridized carbons (Fsp3) is 0.250. The van der Waals surface area contributed by atoms with E-state index in [9.17, 15) is 0 Å². The van der Waals surface area contributed by atoms with Gasteiger partial charge in [-0.3, -0.25) is 0 Å². The second-order valence-electron chi connectivity index (χ2n) is 5.07. The normalized spacial score (nSPS) is 9.80. The highest BCUT2D eigenvalue weighted by Gasteiger charge is 2.07. The largest absolute Gasteiger partial charge is 0.370 e. The maximum absolute atomic E-state index is 8.90. The van der Waals surface area contributed by atoms with Crippen LogP contribution < -0.4 is 0 Å². The monoisotopic (exact) mass is 334 g/mol. The molecule has 0 unspecified atom stereocenters. The lowest BCUT2D eigenvalue weighted by Crippen LogP contribution is -2.03. The summed E-state index contributed by atoms with van der Waals surface area (Å²) in [6.45, 7) is 4.94. The van der Waals surface area contributed by atoms with E-state index in [0.29, 0.717) is 19.6 Å². The zero-order valence-electron chi connectivity index (χ0n) is 14.6. The van der Waals surface area contributed by atoms with E-state index < -0.39 is 0 Å². The van der Waals surface area contributed by atoms with E-state index in [0.717, 1.165) is 22.5 Å².